The first kappa shape index (κ1) is 17.2. The molecule has 0 spiro atoms. The Morgan fingerprint density at radius 3 is 2.35 bits per heavy atom. The van der Waals surface area contributed by atoms with Gasteiger partial charge in [-0.3, -0.25) is 5.84 Å². The molecule has 0 radical (unpaired) electrons. The summed E-state index contributed by atoms with van der Waals surface area (Å²) < 4.78 is 17.2. The fourth-order valence-corrected chi connectivity index (χ4v) is 2.89. The van der Waals surface area contributed by atoms with E-state index in [4.69, 9.17) is 20.1 Å². The SMILES string of the molecule is CCC(C)(OC)C(NN)c1ccc(OC)c(Br)c1OC. The molecule has 5 nitrogen and oxygen atoms in total. The fourth-order valence-electron chi connectivity index (χ4n) is 2.21. The van der Waals surface area contributed by atoms with Crippen LogP contribution >= 0.6 is 15.9 Å². The van der Waals surface area contributed by atoms with Gasteiger partial charge in [-0.15, -0.1) is 0 Å². The van der Waals surface area contributed by atoms with Crippen molar-refractivity contribution in [1.82, 2.24) is 5.43 Å². The molecule has 0 aliphatic rings. The number of hydrogen-bond acceptors (Lipinski definition) is 5. The minimum absolute atomic E-state index is 0.213. The lowest BCUT2D eigenvalue weighted by Gasteiger charge is -2.36. The van der Waals surface area contributed by atoms with Gasteiger partial charge in [-0.05, 0) is 41.4 Å². The van der Waals surface area contributed by atoms with Crippen LogP contribution in [0.15, 0.2) is 16.6 Å². The van der Waals surface area contributed by atoms with Crippen LogP contribution in [0.5, 0.6) is 11.5 Å². The molecule has 0 aliphatic carbocycles. The average molecular weight is 347 g/mol. The van der Waals surface area contributed by atoms with E-state index in [9.17, 15) is 0 Å². The van der Waals surface area contributed by atoms with Crippen LogP contribution in [0.4, 0.5) is 0 Å². The molecule has 20 heavy (non-hydrogen) atoms. The topological polar surface area (TPSA) is 65.7 Å². The van der Waals surface area contributed by atoms with Gasteiger partial charge in [-0.2, -0.15) is 0 Å². The van der Waals surface area contributed by atoms with Gasteiger partial charge in [0.2, 0.25) is 0 Å². The number of ether oxygens (including phenoxy) is 3. The van der Waals surface area contributed by atoms with Crippen LogP contribution in [0.3, 0.4) is 0 Å². The molecule has 2 atom stereocenters. The molecular formula is C14H23BrN2O3. The molecule has 1 aromatic rings. The molecule has 0 fully saturated rings. The van der Waals surface area contributed by atoms with Crippen LogP contribution in [-0.4, -0.2) is 26.9 Å². The molecule has 3 N–H and O–H groups in total. The van der Waals surface area contributed by atoms with Crippen molar-refractivity contribution in [2.75, 3.05) is 21.3 Å². The zero-order valence-electron chi connectivity index (χ0n) is 12.6. The Morgan fingerprint density at radius 1 is 1.30 bits per heavy atom. The number of benzene rings is 1. The van der Waals surface area contributed by atoms with Crippen molar-refractivity contribution < 1.29 is 14.2 Å². The Morgan fingerprint density at radius 2 is 1.95 bits per heavy atom. The van der Waals surface area contributed by atoms with Gasteiger partial charge in [0.1, 0.15) is 16.0 Å². The Kier molecular flexibility index (Phi) is 6.26. The van der Waals surface area contributed by atoms with Crippen LogP contribution in [0, 0.1) is 0 Å². The lowest BCUT2D eigenvalue weighted by molar-refractivity contribution is -0.0306. The van der Waals surface area contributed by atoms with E-state index in [0.717, 1.165) is 16.5 Å². The Labute approximate surface area is 128 Å². The van der Waals surface area contributed by atoms with Crippen LogP contribution in [0.25, 0.3) is 0 Å². The molecule has 0 saturated carbocycles. The van der Waals surface area contributed by atoms with Crippen molar-refractivity contribution >= 4 is 15.9 Å². The highest BCUT2D eigenvalue weighted by atomic mass is 79.9. The second kappa shape index (κ2) is 7.26. The van der Waals surface area contributed by atoms with Crippen molar-refractivity contribution in [3.63, 3.8) is 0 Å². The van der Waals surface area contributed by atoms with Crippen molar-refractivity contribution in [2.45, 2.75) is 31.9 Å². The second-order valence-corrected chi connectivity index (χ2v) is 5.47. The van der Waals surface area contributed by atoms with Crippen LogP contribution in [-0.2, 0) is 4.74 Å². The summed E-state index contributed by atoms with van der Waals surface area (Å²) in [7, 11) is 4.91. The van der Waals surface area contributed by atoms with Gasteiger partial charge in [0.25, 0.3) is 0 Å². The minimum atomic E-state index is -0.448. The summed E-state index contributed by atoms with van der Waals surface area (Å²) in [5.41, 5.74) is 3.30. The molecule has 2 unspecified atom stereocenters. The van der Waals surface area contributed by atoms with Crippen molar-refractivity contribution in [3.8, 4) is 11.5 Å². The lowest BCUT2D eigenvalue weighted by Crippen LogP contribution is -2.45. The third-order valence-corrected chi connectivity index (χ3v) is 4.52. The molecule has 0 aliphatic heterocycles. The molecule has 0 amide bonds. The summed E-state index contributed by atoms with van der Waals surface area (Å²) >= 11 is 3.50. The number of nitrogens with two attached hydrogens (primary N) is 1. The lowest BCUT2D eigenvalue weighted by atomic mass is 9.87. The maximum absolute atomic E-state index is 5.75. The summed E-state index contributed by atoms with van der Waals surface area (Å²) in [5, 5.41) is 0. The van der Waals surface area contributed by atoms with E-state index in [0.29, 0.717) is 11.5 Å². The number of halogens is 1. The maximum atomic E-state index is 5.75. The average Bonchev–Trinajstić information content (AvgIpc) is 2.48. The zero-order chi connectivity index (χ0) is 15.3. The number of hydrogen-bond donors (Lipinski definition) is 2. The third kappa shape index (κ3) is 3.09. The van der Waals surface area contributed by atoms with Gasteiger partial charge in [0, 0.05) is 12.7 Å². The van der Waals surface area contributed by atoms with Crippen molar-refractivity contribution in [1.29, 1.82) is 0 Å². The quantitative estimate of drug-likeness (QED) is 0.587. The van der Waals surface area contributed by atoms with E-state index in [2.05, 4.69) is 28.3 Å². The summed E-state index contributed by atoms with van der Waals surface area (Å²) in [6, 6.07) is 3.59. The van der Waals surface area contributed by atoms with E-state index in [1.807, 2.05) is 19.1 Å². The van der Waals surface area contributed by atoms with Crippen molar-refractivity contribution in [2.24, 2.45) is 5.84 Å². The standard InChI is InChI=1S/C14H23BrN2O3/c1-6-14(2,20-5)13(17-16)9-7-8-10(18-3)11(15)12(9)19-4/h7-8,13,17H,6,16H2,1-5H3. The van der Waals surface area contributed by atoms with E-state index >= 15 is 0 Å². The predicted octanol–water partition coefficient (Wildman–Crippen LogP) is 2.79. The Balaban J connectivity index is 3.39. The fraction of sp³-hybridized carbons (Fsp3) is 0.571. The first-order valence-corrected chi connectivity index (χ1v) is 7.20. The predicted molar refractivity (Wildman–Crippen MR) is 83.0 cm³/mol. The Hall–Kier alpha value is -0.820. The molecule has 0 bridgehead atoms. The summed E-state index contributed by atoms with van der Waals surface area (Å²) in [5.74, 6) is 7.14. The van der Waals surface area contributed by atoms with E-state index in [-0.39, 0.29) is 6.04 Å². The molecule has 114 valence electrons. The van der Waals surface area contributed by atoms with Gasteiger partial charge in [-0.1, -0.05) is 6.92 Å². The van der Waals surface area contributed by atoms with Crippen molar-refractivity contribution in [3.05, 3.63) is 22.2 Å². The third-order valence-electron chi connectivity index (χ3n) is 3.77. The molecule has 0 saturated heterocycles. The first-order valence-electron chi connectivity index (χ1n) is 6.40. The highest BCUT2D eigenvalue weighted by Gasteiger charge is 2.35. The van der Waals surface area contributed by atoms with Gasteiger partial charge in [0.15, 0.2) is 0 Å². The monoisotopic (exact) mass is 346 g/mol. The molecule has 1 aromatic carbocycles. The van der Waals surface area contributed by atoms with Gasteiger partial charge in [0.05, 0.1) is 25.9 Å². The highest BCUT2D eigenvalue weighted by Crippen LogP contribution is 2.43. The number of methoxy groups -OCH3 is 3. The molecule has 6 heteroatoms. The Bertz CT molecular complexity index is 450. The van der Waals surface area contributed by atoms with Crippen LogP contribution in [0.2, 0.25) is 0 Å². The van der Waals surface area contributed by atoms with E-state index in [1.165, 1.54) is 0 Å². The maximum Gasteiger partial charge on any atom is 0.141 e. The van der Waals surface area contributed by atoms with Gasteiger partial charge in [-0.25, -0.2) is 5.43 Å². The van der Waals surface area contributed by atoms with E-state index in [1.54, 1.807) is 21.3 Å². The van der Waals surface area contributed by atoms with Gasteiger partial charge >= 0.3 is 0 Å². The number of hydrazine groups is 1. The minimum Gasteiger partial charge on any atom is -0.495 e. The molecule has 1 rings (SSSR count). The largest absolute Gasteiger partial charge is 0.495 e. The summed E-state index contributed by atoms with van der Waals surface area (Å²) in [4.78, 5) is 0. The molecular weight excluding hydrogens is 324 g/mol. The smallest absolute Gasteiger partial charge is 0.141 e. The zero-order valence-corrected chi connectivity index (χ0v) is 14.2. The molecule has 0 heterocycles. The van der Waals surface area contributed by atoms with Crippen LogP contribution in [0.1, 0.15) is 31.9 Å². The number of rotatable bonds is 7. The number of nitrogens with one attached hydrogen (secondary N) is 1. The summed E-state index contributed by atoms with van der Waals surface area (Å²) in [6.07, 6.45) is 0.797. The first-order chi connectivity index (χ1) is 9.48. The molecule has 0 aromatic heterocycles. The van der Waals surface area contributed by atoms with E-state index < -0.39 is 5.60 Å². The second-order valence-electron chi connectivity index (χ2n) is 4.67. The van der Waals surface area contributed by atoms with Gasteiger partial charge < -0.3 is 14.2 Å². The summed E-state index contributed by atoms with van der Waals surface area (Å²) in [6.45, 7) is 4.06. The normalized spacial score (nSPS) is 15.6. The highest BCUT2D eigenvalue weighted by molar-refractivity contribution is 9.10. The van der Waals surface area contributed by atoms with Crippen LogP contribution < -0.4 is 20.7 Å².